The number of hydrogen-bond donors (Lipinski definition) is 1. The normalized spacial score (nSPS) is 19.0. The van der Waals surface area contributed by atoms with Gasteiger partial charge in [-0.25, -0.2) is 0 Å². The predicted octanol–water partition coefficient (Wildman–Crippen LogP) is 5.11. The molecular weight excluding hydrogens is 278 g/mol. The van der Waals surface area contributed by atoms with Gasteiger partial charge in [-0.2, -0.15) is 0 Å². The third kappa shape index (κ3) is 3.14. The second-order valence-electron chi connectivity index (χ2n) is 5.78. The summed E-state index contributed by atoms with van der Waals surface area (Å²) in [6.45, 7) is 3.16. The molecule has 0 spiro atoms. The lowest BCUT2D eigenvalue weighted by Crippen LogP contribution is -2.29. The number of nitrogens with one attached hydrogen (secondary N) is 1. The van der Waals surface area contributed by atoms with Gasteiger partial charge in [0.05, 0.1) is 0 Å². The van der Waals surface area contributed by atoms with Crippen LogP contribution in [0.5, 0.6) is 0 Å². The molecule has 2 atom stereocenters. The van der Waals surface area contributed by atoms with Gasteiger partial charge in [0.25, 0.3) is 0 Å². The van der Waals surface area contributed by atoms with E-state index in [1.807, 2.05) is 12.1 Å². The van der Waals surface area contributed by atoms with Crippen molar-refractivity contribution >= 4 is 11.6 Å². The van der Waals surface area contributed by atoms with Gasteiger partial charge in [-0.1, -0.05) is 54.9 Å². The highest BCUT2D eigenvalue weighted by molar-refractivity contribution is 6.30. The summed E-state index contributed by atoms with van der Waals surface area (Å²) in [5.74, 6) is 0.552. The van der Waals surface area contributed by atoms with Gasteiger partial charge in [0.15, 0.2) is 0 Å². The van der Waals surface area contributed by atoms with Crippen LogP contribution in [0, 0.1) is 0 Å². The fourth-order valence-corrected chi connectivity index (χ4v) is 3.65. The van der Waals surface area contributed by atoms with Gasteiger partial charge in [-0.15, -0.1) is 0 Å². The fraction of sp³-hybridized carbons (Fsp3) is 0.368. The van der Waals surface area contributed by atoms with Gasteiger partial charge < -0.3 is 5.32 Å². The Labute approximate surface area is 132 Å². The zero-order valence-corrected chi connectivity index (χ0v) is 13.2. The van der Waals surface area contributed by atoms with Gasteiger partial charge in [0.1, 0.15) is 0 Å². The van der Waals surface area contributed by atoms with E-state index in [-0.39, 0.29) is 0 Å². The molecular formula is C19H22ClN. The lowest BCUT2D eigenvalue weighted by atomic mass is 9.77. The number of halogens is 1. The smallest absolute Gasteiger partial charge is 0.0406 e. The number of hydrogen-bond acceptors (Lipinski definition) is 1. The average molecular weight is 300 g/mol. The molecule has 0 aromatic heterocycles. The molecule has 0 heterocycles. The van der Waals surface area contributed by atoms with Crippen LogP contribution in [0.1, 0.15) is 48.4 Å². The Bertz CT molecular complexity index is 591. The van der Waals surface area contributed by atoms with E-state index in [0.29, 0.717) is 12.0 Å². The first kappa shape index (κ1) is 14.6. The Balaban J connectivity index is 1.96. The van der Waals surface area contributed by atoms with Crippen LogP contribution in [0.4, 0.5) is 0 Å². The summed E-state index contributed by atoms with van der Waals surface area (Å²) in [5.41, 5.74) is 4.37. The lowest BCUT2D eigenvalue weighted by molar-refractivity contribution is 0.409. The molecule has 2 aromatic carbocycles. The SMILES string of the molecule is CCNC(c1ccc(Cl)cc1)C1CCCc2ccccc21. The van der Waals surface area contributed by atoms with Crippen LogP contribution in [0.15, 0.2) is 48.5 Å². The van der Waals surface area contributed by atoms with E-state index in [9.17, 15) is 0 Å². The van der Waals surface area contributed by atoms with E-state index in [2.05, 4.69) is 48.6 Å². The van der Waals surface area contributed by atoms with Gasteiger partial charge in [-0.3, -0.25) is 0 Å². The molecule has 1 aliphatic carbocycles. The molecule has 21 heavy (non-hydrogen) atoms. The summed E-state index contributed by atoms with van der Waals surface area (Å²) >= 11 is 6.04. The number of benzene rings is 2. The highest BCUT2D eigenvalue weighted by atomic mass is 35.5. The van der Waals surface area contributed by atoms with Gasteiger partial charge in [-0.05, 0) is 54.6 Å². The zero-order valence-electron chi connectivity index (χ0n) is 12.5. The third-order valence-corrected chi connectivity index (χ3v) is 4.72. The van der Waals surface area contributed by atoms with Crippen LogP contribution in [0.3, 0.4) is 0 Å². The first-order valence-corrected chi connectivity index (χ1v) is 8.24. The molecule has 2 heteroatoms. The topological polar surface area (TPSA) is 12.0 Å². The van der Waals surface area contributed by atoms with Crippen molar-refractivity contribution in [2.24, 2.45) is 0 Å². The van der Waals surface area contributed by atoms with Crippen molar-refractivity contribution in [3.8, 4) is 0 Å². The Kier molecular flexibility index (Phi) is 4.62. The Hall–Kier alpha value is -1.31. The second kappa shape index (κ2) is 6.64. The van der Waals surface area contributed by atoms with Crippen molar-refractivity contribution in [2.45, 2.75) is 38.1 Å². The van der Waals surface area contributed by atoms with Gasteiger partial charge >= 0.3 is 0 Å². The van der Waals surface area contributed by atoms with E-state index in [4.69, 9.17) is 11.6 Å². The second-order valence-corrected chi connectivity index (χ2v) is 6.22. The average Bonchev–Trinajstić information content (AvgIpc) is 2.53. The molecule has 0 aliphatic heterocycles. The number of rotatable bonds is 4. The van der Waals surface area contributed by atoms with Crippen LogP contribution in [-0.4, -0.2) is 6.54 Å². The minimum atomic E-state index is 0.369. The molecule has 3 rings (SSSR count). The Morgan fingerprint density at radius 3 is 2.67 bits per heavy atom. The van der Waals surface area contributed by atoms with Gasteiger partial charge in [0, 0.05) is 17.0 Å². The minimum Gasteiger partial charge on any atom is -0.310 e. The maximum atomic E-state index is 6.04. The highest BCUT2D eigenvalue weighted by Crippen LogP contribution is 2.40. The molecule has 2 aromatic rings. The van der Waals surface area contributed by atoms with Crippen molar-refractivity contribution < 1.29 is 0 Å². The Morgan fingerprint density at radius 2 is 1.90 bits per heavy atom. The molecule has 1 aliphatic rings. The first-order valence-electron chi connectivity index (χ1n) is 7.86. The standard InChI is InChI=1S/C19H22ClN/c1-2-21-19(15-10-12-16(20)13-11-15)18-9-5-7-14-6-3-4-8-17(14)18/h3-4,6,8,10-13,18-19,21H,2,5,7,9H2,1H3. The molecule has 0 radical (unpaired) electrons. The maximum Gasteiger partial charge on any atom is 0.0406 e. The van der Waals surface area contributed by atoms with Crippen LogP contribution in [0.25, 0.3) is 0 Å². The molecule has 0 fully saturated rings. The van der Waals surface area contributed by atoms with E-state index < -0.39 is 0 Å². The van der Waals surface area contributed by atoms with Crippen LogP contribution >= 0.6 is 11.6 Å². The van der Waals surface area contributed by atoms with Crippen molar-refractivity contribution in [3.05, 3.63) is 70.2 Å². The minimum absolute atomic E-state index is 0.369. The predicted molar refractivity (Wildman–Crippen MR) is 90.0 cm³/mol. The van der Waals surface area contributed by atoms with Crippen molar-refractivity contribution in [1.29, 1.82) is 0 Å². The maximum absolute atomic E-state index is 6.04. The highest BCUT2D eigenvalue weighted by Gasteiger charge is 2.28. The molecule has 0 amide bonds. The molecule has 0 saturated carbocycles. The van der Waals surface area contributed by atoms with E-state index in [1.165, 1.54) is 36.0 Å². The summed E-state index contributed by atoms with van der Waals surface area (Å²) in [7, 11) is 0. The lowest BCUT2D eigenvalue weighted by Gasteiger charge is -2.33. The van der Waals surface area contributed by atoms with Crippen molar-refractivity contribution in [3.63, 3.8) is 0 Å². The van der Waals surface area contributed by atoms with Gasteiger partial charge in [0.2, 0.25) is 0 Å². The summed E-state index contributed by atoms with van der Waals surface area (Å²) in [4.78, 5) is 0. The third-order valence-electron chi connectivity index (χ3n) is 4.47. The molecule has 1 nitrogen and oxygen atoms in total. The first-order chi connectivity index (χ1) is 10.3. The fourth-order valence-electron chi connectivity index (χ4n) is 3.52. The summed E-state index contributed by atoms with van der Waals surface area (Å²) in [6.07, 6.45) is 3.74. The number of likely N-dealkylation sites (N-methyl/N-ethyl adjacent to an activating group) is 1. The van der Waals surface area contributed by atoms with Crippen LogP contribution < -0.4 is 5.32 Å². The monoisotopic (exact) mass is 299 g/mol. The van der Waals surface area contributed by atoms with Crippen LogP contribution in [-0.2, 0) is 6.42 Å². The van der Waals surface area contributed by atoms with Crippen LogP contribution in [0.2, 0.25) is 5.02 Å². The summed E-state index contributed by atoms with van der Waals surface area (Å²) in [6, 6.07) is 17.6. The molecule has 1 N–H and O–H groups in total. The largest absolute Gasteiger partial charge is 0.310 e. The van der Waals surface area contributed by atoms with Crippen molar-refractivity contribution in [2.75, 3.05) is 6.54 Å². The van der Waals surface area contributed by atoms with Crippen molar-refractivity contribution in [1.82, 2.24) is 5.32 Å². The number of aryl methyl sites for hydroxylation is 1. The number of fused-ring (bicyclic) bond motifs is 1. The quantitative estimate of drug-likeness (QED) is 0.827. The molecule has 0 bridgehead atoms. The molecule has 2 unspecified atom stereocenters. The van der Waals surface area contributed by atoms with E-state index in [0.717, 1.165) is 11.6 Å². The molecule has 0 saturated heterocycles. The zero-order chi connectivity index (χ0) is 14.7. The Morgan fingerprint density at radius 1 is 1.14 bits per heavy atom. The molecule has 110 valence electrons. The summed E-state index contributed by atoms with van der Waals surface area (Å²) < 4.78 is 0. The summed E-state index contributed by atoms with van der Waals surface area (Å²) in [5, 5.41) is 4.49. The van der Waals surface area contributed by atoms with E-state index in [1.54, 1.807) is 0 Å². The van der Waals surface area contributed by atoms with E-state index >= 15 is 0 Å².